The molecule has 3 nitrogen and oxygen atoms in total. The molecule has 2 N–H and O–H groups in total. The van der Waals surface area contributed by atoms with Crippen molar-refractivity contribution in [1.29, 1.82) is 0 Å². The monoisotopic (exact) mass is 166 g/mol. The molecule has 1 aromatic heterocycles. The summed E-state index contributed by atoms with van der Waals surface area (Å²) in [7, 11) is 0. The quantitative estimate of drug-likeness (QED) is 0.639. The van der Waals surface area contributed by atoms with Gasteiger partial charge in [0, 0.05) is 25.0 Å². The number of nitrogens with zero attached hydrogens (tertiary/aromatic N) is 1. The number of aliphatic hydroxyl groups excluding tert-OH is 1. The van der Waals surface area contributed by atoms with Crippen LogP contribution in [-0.4, -0.2) is 23.2 Å². The molecule has 0 aliphatic carbocycles. The largest absolute Gasteiger partial charge is 0.395 e. The van der Waals surface area contributed by atoms with Crippen molar-refractivity contribution in [2.24, 2.45) is 0 Å². The molecule has 0 unspecified atom stereocenters. The van der Waals surface area contributed by atoms with Crippen molar-refractivity contribution in [3.8, 4) is 0 Å². The summed E-state index contributed by atoms with van der Waals surface area (Å²) in [5.41, 5.74) is 2.23. The van der Waals surface area contributed by atoms with Crippen molar-refractivity contribution in [3.63, 3.8) is 0 Å². The van der Waals surface area contributed by atoms with Crippen LogP contribution in [0, 0.1) is 6.92 Å². The molecule has 1 heterocycles. The summed E-state index contributed by atoms with van der Waals surface area (Å²) in [5, 5.41) is 11.6. The van der Waals surface area contributed by atoms with Gasteiger partial charge in [-0.15, -0.1) is 0 Å². The SMILES string of the molecule is Cc1ncccc1CNCCO. The highest BCUT2D eigenvalue weighted by molar-refractivity contribution is 5.17. The molecule has 0 atom stereocenters. The second-order valence-corrected chi connectivity index (χ2v) is 2.65. The van der Waals surface area contributed by atoms with Crippen LogP contribution in [0.1, 0.15) is 11.3 Å². The molecule has 1 rings (SSSR count). The predicted molar refractivity (Wildman–Crippen MR) is 47.8 cm³/mol. The van der Waals surface area contributed by atoms with Crippen LogP contribution < -0.4 is 5.32 Å². The van der Waals surface area contributed by atoms with Gasteiger partial charge < -0.3 is 10.4 Å². The first-order valence-corrected chi connectivity index (χ1v) is 4.06. The summed E-state index contributed by atoms with van der Waals surface area (Å²) < 4.78 is 0. The Morgan fingerprint density at radius 1 is 1.58 bits per heavy atom. The third kappa shape index (κ3) is 2.60. The van der Waals surface area contributed by atoms with E-state index in [0.29, 0.717) is 6.54 Å². The number of aromatic nitrogens is 1. The lowest BCUT2D eigenvalue weighted by molar-refractivity contribution is 0.292. The molecule has 3 heteroatoms. The molecule has 0 bridgehead atoms. The van der Waals surface area contributed by atoms with Gasteiger partial charge in [0.15, 0.2) is 0 Å². The van der Waals surface area contributed by atoms with E-state index in [9.17, 15) is 0 Å². The van der Waals surface area contributed by atoms with Gasteiger partial charge in [-0.25, -0.2) is 0 Å². The molecule has 66 valence electrons. The fourth-order valence-electron chi connectivity index (χ4n) is 1.01. The summed E-state index contributed by atoms with van der Waals surface area (Å²) in [4.78, 5) is 4.16. The first-order chi connectivity index (χ1) is 5.84. The third-order valence-corrected chi connectivity index (χ3v) is 1.72. The Labute approximate surface area is 72.5 Å². The van der Waals surface area contributed by atoms with Gasteiger partial charge in [-0.2, -0.15) is 0 Å². The van der Waals surface area contributed by atoms with Gasteiger partial charge in [0.25, 0.3) is 0 Å². The number of nitrogens with one attached hydrogen (secondary N) is 1. The highest BCUT2D eigenvalue weighted by Crippen LogP contribution is 2.01. The standard InChI is InChI=1S/C9H14N2O/c1-8-9(3-2-4-11-8)7-10-5-6-12/h2-4,10,12H,5-7H2,1H3. The van der Waals surface area contributed by atoms with Crippen molar-refractivity contribution in [1.82, 2.24) is 10.3 Å². The normalized spacial score (nSPS) is 10.2. The maximum Gasteiger partial charge on any atom is 0.0556 e. The van der Waals surface area contributed by atoms with Crippen LogP contribution >= 0.6 is 0 Å². The van der Waals surface area contributed by atoms with Gasteiger partial charge in [-0.3, -0.25) is 4.98 Å². The maximum absolute atomic E-state index is 8.54. The molecule has 0 aromatic carbocycles. The van der Waals surface area contributed by atoms with Crippen LogP contribution in [0.2, 0.25) is 0 Å². The molecule has 12 heavy (non-hydrogen) atoms. The van der Waals surface area contributed by atoms with E-state index in [1.54, 1.807) is 6.20 Å². The number of hydrogen-bond donors (Lipinski definition) is 2. The summed E-state index contributed by atoms with van der Waals surface area (Å²) >= 11 is 0. The summed E-state index contributed by atoms with van der Waals surface area (Å²) in [5.74, 6) is 0. The third-order valence-electron chi connectivity index (χ3n) is 1.72. The fourth-order valence-corrected chi connectivity index (χ4v) is 1.01. The average molecular weight is 166 g/mol. The van der Waals surface area contributed by atoms with Crippen LogP contribution in [0.25, 0.3) is 0 Å². The molecule has 0 aliphatic rings. The summed E-state index contributed by atoms with van der Waals surface area (Å²) in [6.07, 6.45) is 1.78. The first-order valence-electron chi connectivity index (χ1n) is 4.06. The number of rotatable bonds is 4. The Morgan fingerprint density at radius 3 is 3.08 bits per heavy atom. The zero-order valence-electron chi connectivity index (χ0n) is 7.25. The van der Waals surface area contributed by atoms with E-state index in [1.807, 2.05) is 19.1 Å². The van der Waals surface area contributed by atoms with Crippen LogP contribution in [0.5, 0.6) is 0 Å². The van der Waals surface area contributed by atoms with Crippen molar-refractivity contribution in [2.45, 2.75) is 13.5 Å². The highest BCUT2D eigenvalue weighted by atomic mass is 16.3. The molecule has 0 amide bonds. The molecule has 0 fully saturated rings. The molecule has 0 radical (unpaired) electrons. The topological polar surface area (TPSA) is 45.2 Å². The number of hydrogen-bond acceptors (Lipinski definition) is 3. The highest BCUT2D eigenvalue weighted by Gasteiger charge is 1.95. The van der Waals surface area contributed by atoms with Crippen LogP contribution in [0.3, 0.4) is 0 Å². The van der Waals surface area contributed by atoms with Crippen LogP contribution in [0.15, 0.2) is 18.3 Å². The van der Waals surface area contributed by atoms with Crippen molar-refractivity contribution < 1.29 is 5.11 Å². The zero-order chi connectivity index (χ0) is 8.81. The van der Waals surface area contributed by atoms with Gasteiger partial charge in [0.05, 0.1) is 6.61 Å². The van der Waals surface area contributed by atoms with E-state index in [2.05, 4.69) is 10.3 Å². The van der Waals surface area contributed by atoms with E-state index in [4.69, 9.17) is 5.11 Å². The van der Waals surface area contributed by atoms with Crippen molar-refractivity contribution >= 4 is 0 Å². The Hall–Kier alpha value is -0.930. The van der Waals surface area contributed by atoms with E-state index < -0.39 is 0 Å². The molecule has 0 saturated heterocycles. The lowest BCUT2D eigenvalue weighted by atomic mass is 10.2. The summed E-state index contributed by atoms with van der Waals surface area (Å²) in [6.45, 7) is 3.57. The molecule has 0 saturated carbocycles. The molecular formula is C9H14N2O. The van der Waals surface area contributed by atoms with Crippen LogP contribution in [-0.2, 0) is 6.54 Å². The Balaban J connectivity index is 2.46. The second kappa shape index (κ2) is 4.85. The van der Waals surface area contributed by atoms with Gasteiger partial charge in [0.1, 0.15) is 0 Å². The minimum atomic E-state index is 0.180. The lowest BCUT2D eigenvalue weighted by Gasteiger charge is -2.04. The van der Waals surface area contributed by atoms with Crippen LogP contribution in [0.4, 0.5) is 0 Å². The van der Waals surface area contributed by atoms with E-state index in [1.165, 1.54) is 5.56 Å². The number of aryl methyl sites for hydroxylation is 1. The average Bonchev–Trinajstić information content (AvgIpc) is 2.09. The predicted octanol–water partition coefficient (Wildman–Crippen LogP) is 0.472. The van der Waals surface area contributed by atoms with Crippen molar-refractivity contribution in [3.05, 3.63) is 29.6 Å². The smallest absolute Gasteiger partial charge is 0.0556 e. The lowest BCUT2D eigenvalue weighted by Crippen LogP contribution is -2.18. The van der Waals surface area contributed by atoms with E-state index in [-0.39, 0.29) is 6.61 Å². The van der Waals surface area contributed by atoms with Gasteiger partial charge in [-0.05, 0) is 18.6 Å². The molecular weight excluding hydrogens is 152 g/mol. The number of pyridine rings is 1. The van der Waals surface area contributed by atoms with Gasteiger partial charge >= 0.3 is 0 Å². The minimum Gasteiger partial charge on any atom is -0.395 e. The first kappa shape index (κ1) is 9.16. The second-order valence-electron chi connectivity index (χ2n) is 2.65. The van der Waals surface area contributed by atoms with Gasteiger partial charge in [0.2, 0.25) is 0 Å². The molecule has 0 aliphatic heterocycles. The molecule has 0 spiro atoms. The summed E-state index contributed by atoms with van der Waals surface area (Å²) in [6, 6.07) is 3.95. The minimum absolute atomic E-state index is 0.180. The fraction of sp³-hybridized carbons (Fsp3) is 0.444. The molecule has 1 aromatic rings. The maximum atomic E-state index is 8.54. The van der Waals surface area contributed by atoms with E-state index in [0.717, 1.165) is 12.2 Å². The zero-order valence-corrected chi connectivity index (χ0v) is 7.25. The van der Waals surface area contributed by atoms with Crippen molar-refractivity contribution in [2.75, 3.05) is 13.2 Å². The Morgan fingerprint density at radius 2 is 2.42 bits per heavy atom. The Kier molecular flexibility index (Phi) is 3.70. The number of aliphatic hydroxyl groups is 1. The van der Waals surface area contributed by atoms with E-state index >= 15 is 0 Å². The van der Waals surface area contributed by atoms with Gasteiger partial charge in [-0.1, -0.05) is 6.07 Å². The Bertz CT molecular complexity index is 238.